The first kappa shape index (κ1) is 12.5. The average Bonchev–Trinajstić information content (AvgIpc) is 2.94. The smallest absolute Gasteiger partial charge is 0.319 e. The molecule has 0 saturated heterocycles. The van der Waals surface area contributed by atoms with Crippen LogP contribution in [0.3, 0.4) is 0 Å². The molecule has 2 aromatic heterocycles. The molecule has 0 spiro atoms. The standard InChI is InChI=1S/C13H14F3N3/c1-17-6-8-5-9(8)10-3-2-4-12-18-11(7-19(10)12)13(14,15)16/h2-4,7-9,17H,5-6H2,1H3. The number of fused-ring (bicyclic) bond motifs is 1. The molecule has 0 radical (unpaired) electrons. The van der Waals surface area contributed by atoms with Crippen LogP contribution in [0.5, 0.6) is 0 Å². The molecular weight excluding hydrogens is 255 g/mol. The van der Waals surface area contributed by atoms with Crippen molar-refractivity contribution in [3.05, 3.63) is 35.8 Å². The summed E-state index contributed by atoms with van der Waals surface area (Å²) >= 11 is 0. The summed E-state index contributed by atoms with van der Waals surface area (Å²) in [6.07, 6.45) is -2.28. The number of nitrogens with one attached hydrogen (secondary N) is 1. The summed E-state index contributed by atoms with van der Waals surface area (Å²) in [5.41, 5.74) is 0.450. The van der Waals surface area contributed by atoms with Gasteiger partial charge >= 0.3 is 6.18 Å². The Labute approximate surface area is 108 Å². The van der Waals surface area contributed by atoms with Crippen molar-refractivity contribution >= 4 is 5.65 Å². The van der Waals surface area contributed by atoms with Crippen molar-refractivity contribution in [1.82, 2.24) is 14.7 Å². The molecule has 2 heterocycles. The van der Waals surface area contributed by atoms with E-state index in [4.69, 9.17) is 0 Å². The van der Waals surface area contributed by atoms with E-state index in [1.807, 2.05) is 13.1 Å². The molecule has 102 valence electrons. The fourth-order valence-electron chi connectivity index (χ4n) is 2.57. The van der Waals surface area contributed by atoms with Gasteiger partial charge in [0.25, 0.3) is 0 Å². The van der Waals surface area contributed by atoms with Gasteiger partial charge in [0.1, 0.15) is 5.65 Å². The number of halogens is 3. The van der Waals surface area contributed by atoms with Crippen molar-refractivity contribution in [3.63, 3.8) is 0 Å². The fraction of sp³-hybridized carbons (Fsp3) is 0.462. The summed E-state index contributed by atoms with van der Waals surface area (Å²) in [6.45, 7) is 0.891. The topological polar surface area (TPSA) is 29.3 Å². The Hall–Kier alpha value is -1.56. The molecule has 2 unspecified atom stereocenters. The molecule has 1 fully saturated rings. The van der Waals surface area contributed by atoms with Crippen LogP contribution in [-0.2, 0) is 6.18 Å². The highest BCUT2D eigenvalue weighted by molar-refractivity contribution is 5.44. The van der Waals surface area contributed by atoms with Crippen LogP contribution >= 0.6 is 0 Å². The molecule has 0 amide bonds. The van der Waals surface area contributed by atoms with E-state index in [9.17, 15) is 13.2 Å². The summed E-state index contributed by atoms with van der Waals surface area (Å²) in [4.78, 5) is 3.65. The zero-order valence-electron chi connectivity index (χ0n) is 10.4. The number of rotatable bonds is 3. The van der Waals surface area contributed by atoms with Crippen molar-refractivity contribution in [1.29, 1.82) is 0 Å². The largest absolute Gasteiger partial charge is 0.434 e. The van der Waals surface area contributed by atoms with Gasteiger partial charge in [0.05, 0.1) is 0 Å². The Kier molecular flexibility index (Phi) is 2.78. The first-order chi connectivity index (χ1) is 9.00. The molecule has 3 nitrogen and oxygen atoms in total. The van der Waals surface area contributed by atoms with E-state index < -0.39 is 11.9 Å². The highest BCUT2D eigenvalue weighted by atomic mass is 19.4. The van der Waals surface area contributed by atoms with Crippen molar-refractivity contribution < 1.29 is 13.2 Å². The van der Waals surface area contributed by atoms with Crippen molar-refractivity contribution in [2.75, 3.05) is 13.6 Å². The zero-order chi connectivity index (χ0) is 13.6. The normalized spacial score (nSPS) is 22.9. The maximum Gasteiger partial charge on any atom is 0.434 e. The molecule has 0 bridgehead atoms. The number of imidazole rings is 1. The molecule has 1 saturated carbocycles. The monoisotopic (exact) mass is 269 g/mol. The van der Waals surface area contributed by atoms with Crippen molar-refractivity contribution in [2.24, 2.45) is 5.92 Å². The third kappa shape index (κ3) is 2.20. The third-order valence-corrected chi connectivity index (χ3v) is 3.58. The Morgan fingerprint density at radius 2 is 2.21 bits per heavy atom. The van der Waals surface area contributed by atoms with Gasteiger partial charge < -0.3 is 9.72 Å². The molecule has 1 N–H and O–H groups in total. The molecule has 2 atom stereocenters. The molecular formula is C13H14F3N3. The Balaban J connectivity index is 2.00. The lowest BCUT2D eigenvalue weighted by molar-refractivity contribution is -0.140. The maximum atomic E-state index is 12.7. The number of pyridine rings is 1. The number of aromatic nitrogens is 2. The minimum Gasteiger partial charge on any atom is -0.319 e. The Morgan fingerprint density at radius 3 is 2.89 bits per heavy atom. The van der Waals surface area contributed by atoms with E-state index in [0.717, 1.165) is 24.9 Å². The third-order valence-electron chi connectivity index (χ3n) is 3.58. The molecule has 0 aliphatic heterocycles. The molecule has 19 heavy (non-hydrogen) atoms. The average molecular weight is 269 g/mol. The second kappa shape index (κ2) is 4.23. The van der Waals surface area contributed by atoms with Crippen LogP contribution in [0, 0.1) is 5.92 Å². The van der Waals surface area contributed by atoms with Gasteiger partial charge in [0.2, 0.25) is 0 Å². The Bertz CT molecular complexity index is 603. The predicted molar refractivity (Wildman–Crippen MR) is 65.0 cm³/mol. The van der Waals surface area contributed by atoms with Crippen LogP contribution in [0.4, 0.5) is 13.2 Å². The Morgan fingerprint density at radius 1 is 1.42 bits per heavy atom. The quantitative estimate of drug-likeness (QED) is 0.928. The minimum atomic E-state index is -4.39. The highest BCUT2D eigenvalue weighted by Crippen LogP contribution is 2.47. The number of nitrogens with zero attached hydrogens (tertiary/aromatic N) is 2. The summed E-state index contributed by atoms with van der Waals surface area (Å²) in [5, 5.41) is 3.10. The van der Waals surface area contributed by atoms with Crippen LogP contribution < -0.4 is 5.32 Å². The number of hydrogen-bond donors (Lipinski definition) is 1. The fourth-order valence-corrected chi connectivity index (χ4v) is 2.57. The molecule has 1 aliphatic carbocycles. The van der Waals surface area contributed by atoms with Crippen LogP contribution in [-0.4, -0.2) is 23.0 Å². The molecule has 6 heteroatoms. The van der Waals surface area contributed by atoms with Gasteiger partial charge in [0, 0.05) is 17.8 Å². The molecule has 3 rings (SSSR count). The van der Waals surface area contributed by atoms with Crippen LogP contribution in [0.15, 0.2) is 24.4 Å². The summed E-state index contributed by atoms with van der Waals surface area (Å²) in [7, 11) is 1.88. The van der Waals surface area contributed by atoms with E-state index in [0.29, 0.717) is 17.5 Å². The first-order valence-electron chi connectivity index (χ1n) is 6.20. The summed E-state index contributed by atoms with van der Waals surface area (Å²) < 4.78 is 39.6. The summed E-state index contributed by atoms with van der Waals surface area (Å²) in [6, 6.07) is 5.26. The molecule has 0 aromatic carbocycles. The van der Waals surface area contributed by atoms with E-state index in [1.165, 1.54) is 0 Å². The second-order valence-electron chi connectivity index (χ2n) is 4.96. The maximum absolute atomic E-state index is 12.7. The van der Waals surface area contributed by atoms with Crippen molar-refractivity contribution in [3.8, 4) is 0 Å². The van der Waals surface area contributed by atoms with Gasteiger partial charge in [-0.1, -0.05) is 6.07 Å². The number of alkyl halides is 3. The van der Waals surface area contributed by atoms with Gasteiger partial charge in [0.15, 0.2) is 5.69 Å². The lowest BCUT2D eigenvalue weighted by Crippen LogP contribution is -2.10. The van der Waals surface area contributed by atoms with Gasteiger partial charge in [-0.3, -0.25) is 0 Å². The van der Waals surface area contributed by atoms with Gasteiger partial charge in [-0.25, -0.2) is 4.98 Å². The number of hydrogen-bond acceptors (Lipinski definition) is 2. The first-order valence-corrected chi connectivity index (χ1v) is 6.20. The molecule has 1 aliphatic rings. The van der Waals surface area contributed by atoms with Crippen LogP contribution in [0.25, 0.3) is 5.65 Å². The summed E-state index contributed by atoms with van der Waals surface area (Å²) in [5.74, 6) is 0.832. The van der Waals surface area contributed by atoms with E-state index in [2.05, 4.69) is 10.3 Å². The predicted octanol–water partition coefficient (Wildman–Crippen LogP) is 2.68. The van der Waals surface area contributed by atoms with Gasteiger partial charge in [-0.2, -0.15) is 13.2 Å². The van der Waals surface area contributed by atoms with E-state index in [-0.39, 0.29) is 0 Å². The van der Waals surface area contributed by atoms with Crippen LogP contribution in [0.2, 0.25) is 0 Å². The van der Waals surface area contributed by atoms with E-state index >= 15 is 0 Å². The van der Waals surface area contributed by atoms with Crippen LogP contribution in [0.1, 0.15) is 23.7 Å². The second-order valence-corrected chi connectivity index (χ2v) is 4.96. The lowest BCUT2D eigenvalue weighted by Gasteiger charge is -2.04. The lowest BCUT2D eigenvalue weighted by atomic mass is 10.2. The highest BCUT2D eigenvalue weighted by Gasteiger charge is 2.40. The minimum absolute atomic E-state index is 0.325. The van der Waals surface area contributed by atoms with Gasteiger partial charge in [-0.05, 0) is 38.1 Å². The van der Waals surface area contributed by atoms with Crippen molar-refractivity contribution in [2.45, 2.75) is 18.5 Å². The van der Waals surface area contributed by atoms with Gasteiger partial charge in [-0.15, -0.1) is 0 Å². The zero-order valence-corrected chi connectivity index (χ0v) is 10.4. The SMILES string of the molecule is CNCC1CC1c1cccc2nc(C(F)(F)F)cn12. The molecule has 2 aromatic rings. The van der Waals surface area contributed by atoms with E-state index in [1.54, 1.807) is 16.5 Å².